The molecule has 4 rings (SSSR count). The second-order valence-corrected chi connectivity index (χ2v) is 9.06. The number of benzene rings is 1. The fourth-order valence-electron chi connectivity index (χ4n) is 5.49. The SMILES string of the molecule is Cc1cccc(CN2CCC[C@]3(CCN(C4CCN(C)CC4)C3)C2)c1. The van der Waals surface area contributed by atoms with Crippen LogP contribution in [-0.4, -0.2) is 67.1 Å². The maximum atomic E-state index is 2.85. The van der Waals surface area contributed by atoms with Gasteiger partial charge in [-0.2, -0.15) is 0 Å². The van der Waals surface area contributed by atoms with Crippen molar-refractivity contribution in [2.75, 3.05) is 46.3 Å². The van der Waals surface area contributed by atoms with E-state index in [0.29, 0.717) is 5.41 Å². The third kappa shape index (κ3) is 4.10. The fourth-order valence-corrected chi connectivity index (χ4v) is 5.49. The molecule has 1 aromatic rings. The quantitative estimate of drug-likeness (QED) is 0.834. The zero-order valence-electron chi connectivity index (χ0n) is 16.2. The van der Waals surface area contributed by atoms with E-state index in [-0.39, 0.29) is 0 Å². The molecule has 1 aromatic carbocycles. The molecule has 0 N–H and O–H groups in total. The first kappa shape index (κ1) is 17.5. The molecule has 3 aliphatic heterocycles. The van der Waals surface area contributed by atoms with Gasteiger partial charge in [0.15, 0.2) is 0 Å². The van der Waals surface area contributed by atoms with Crippen molar-refractivity contribution in [2.24, 2.45) is 5.41 Å². The van der Waals surface area contributed by atoms with Crippen LogP contribution in [0.2, 0.25) is 0 Å². The summed E-state index contributed by atoms with van der Waals surface area (Å²) in [5, 5.41) is 0. The van der Waals surface area contributed by atoms with Gasteiger partial charge in [-0.25, -0.2) is 0 Å². The van der Waals surface area contributed by atoms with Crippen molar-refractivity contribution in [3.05, 3.63) is 35.4 Å². The van der Waals surface area contributed by atoms with Gasteiger partial charge in [-0.1, -0.05) is 29.8 Å². The van der Waals surface area contributed by atoms with E-state index in [1.807, 2.05) is 0 Å². The molecule has 0 radical (unpaired) electrons. The second kappa shape index (κ2) is 7.38. The van der Waals surface area contributed by atoms with Crippen molar-refractivity contribution >= 4 is 0 Å². The smallest absolute Gasteiger partial charge is 0.0234 e. The van der Waals surface area contributed by atoms with Crippen LogP contribution >= 0.6 is 0 Å². The Bertz CT molecular complexity index is 578. The minimum Gasteiger partial charge on any atom is -0.306 e. The molecule has 3 nitrogen and oxygen atoms in total. The molecule has 3 heterocycles. The monoisotopic (exact) mass is 341 g/mol. The Labute approximate surface area is 154 Å². The lowest BCUT2D eigenvalue weighted by Crippen LogP contribution is -2.47. The van der Waals surface area contributed by atoms with Crippen LogP contribution in [0.15, 0.2) is 24.3 Å². The van der Waals surface area contributed by atoms with Gasteiger partial charge in [-0.05, 0) is 83.2 Å². The Balaban J connectivity index is 1.36. The lowest BCUT2D eigenvalue weighted by molar-refractivity contribution is 0.0723. The molecule has 0 unspecified atom stereocenters. The molecule has 1 spiro atoms. The molecule has 3 aliphatic rings. The number of rotatable bonds is 3. The highest BCUT2D eigenvalue weighted by Crippen LogP contribution is 2.41. The van der Waals surface area contributed by atoms with Crippen LogP contribution < -0.4 is 0 Å². The van der Waals surface area contributed by atoms with Crippen molar-refractivity contribution in [1.82, 2.24) is 14.7 Å². The molecule has 0 aliphatic carbocycles. The predicted octanol–water partition coefficient (Wildman–Crippen LogP) is 3.38. The number of hydrogen-bond donors (Lipinski definition) is 0. The van der Waals surface area contributed by atoms with E-state index in [0.717, 1.165) is 12.6 Å². The van der Waals surface area contributed by atoms with Gasteiger partial charge >= 0.3 is 0 Å². The maximum Gasteiger partial charge on any atom is 0.0234 e. The van der Waals surface area contributed by atoms with Crippen LogP contribution in [0.4, 0.5) is 0 Å². The Morgan fingerprint density at radius 1 is 1.04 bits per heavy atom. The Kier molecular flexibility index (Phi) is 5.17. The maximum absolute atomic E-state index is 2.85. The largest absolute Gasteiger partial charge is 0.306 e. The van der Waals surface area contributed by atoms with Crippen LogP contribution in [0.5, 0.6) is 0 Å². The van der Waals surface area contributed by atoms with Crippen molar-refractivity contribution in [1.29, 1.82) is 0 Å². The summed E-state index contributed by atoms with van der Waals surface area (Å²) in [6, 6.07) is 9.93. The number of piperidine rings is 2. The van der Waals surface area contributed by atoms with Gasteiger partial charge in [-0.15, -0.1) is 0 Å². The average Bonchev–Trinajstić information content (AvgIpc) is 2.99. The van der Waals surface area contributed by atoms with E-state index in [1.165, 1.54) is 82.5 Å². The summed E-state index contributed by atoms with van der Waals surface area (Å²) in [5.74, 6) is 0. The van der Waals surface area contributed by atoms with Crippen LogP contribution in [0.25, 0.3) is 0 Å². The molecule has 1 atom stereocenters. The van der Waals surface area contributed by atoms with E-state index >= 15 is 0 Å². The Morgan fingerprint density at radius 2 is 1.88 bits per heavy atom. The van der Waals surface area contributed by atoms with Crippen molar-refractivity contribution < 1.29 is 0 Å². The highest BCUT2D eigenvalue weighted by atomic mass is 15.2. The molecule has 138 valence electrons. The molecule has 0 aromatic heterocycles. The fraction of sp³-hybridized carbons (Fsp3) is 0.727. The van der Waals surface area contributed by atoms with E-state index in [1.54, 1.807) is 0 Å². The number of likely N-dealkylation sites (tertiary alicyclic amines) is 3. The van der Waals surface area contributed by atoms with Crippen LogP contribution in [0.1, 0.15) is 43.2 Å². The van der Waals surface area contributed by atoms with Crippen molar-refractivity contribution in [2.45, 2.75) is 51.6 Å². The standard InChI is InChI=1S/C22H35N3/c1-19-5-3-6-20(15-19)16-24-11-4-9-22(17-24)10-14-25(18-22)21-7-12-23(2)13-8-21/h3,5-6,15,21H,4,7-14,16-18H2,1-2H3/t22-/m0/s1. The van der Waals surface area contributed by atoms with Crippen LogP contribution in [0.3, 0.4) is 0 Å². The molecular weight excluding hydrogens is 306 g/mol. The number of hydrogen-bond acceptors (Lipinski definition) is 3. The van der Waals surface area contributed by atoms with Crippen LogP contribution in [0, 0.1) is 12.3 Å². The number of aryl methyl sites for hydroxylation is 1. The zero-order chi connectivity index (χ0) is 17.3. The Morgan fingerprint density at radius 3 is 2.68 bits per heavy atom. The molecule has 3 heteroatoms. The first-order valence-electron chi connectivity index (χ1n) is 10.3. The summed E-state index contributed by atoms with van der Waals surface area (Å²) in [6.45, 7) is 11.2. The van der Waals surface area contributed by atoms with E-state index < -0.39 is 0 Å². The molecule has 3 saturated heterocycles. The van der Waals surface area contributed by atoms with Gasteiger partial charge in [0.1, 0.15) is 0 Å². The third-order valence-corrected chi connectivity index (χ3v) is 6.90. The van der Waals surface area contributed by atoms with E-state index in [2.05, 4.69) is 52.9 Å². The van der Waals surface area contributed by atoms with Crippen LogP contribution in [-0.2, 0) is 6.54 Å². The first-order chi connectivity index (χ1) is 12.1. The summed E-state index contributed by atoms with van der Waals surface area (Å²) >= 11 is 0. The summed E-state index contributed by atoms with van der Waals surface area (Å²) in [6.07, 6.45) is 7.00. The zero-order valence-corrected chi connectivity index (χ0v) is 16.2. The van der Waals surface area contributed by atoms with Gasteiger partial charge in [0.25, 0.3) is 0 Å². The Hall–Kier alpha value is -0.900. The normalized spacial score (nSPS) is 30.3. The van der Waals surface area contributed by atoms with Gasteiger partial charge < -0.3 is 4.90 Å². The highest BCUT2D eigenvalue weighted by Gasteiger charge is 2.43. The predicted molar refractivity (Wildman–Crippen MR) is 105 cm³/mol. The highest BCUT2D eigenvalue weighted by molar-refractivity contribution is 5.22. The van der Waals surface area contributed by atoms with Gasteiger partial charge in [0, 0.05) is 25.7 Å². The molecular formula is C22H35N3. The van der Waals surface area contributed by atoms with Gasteiger partial charge in [0.2, 0.25) is 0 Å². The van der Waals surface area contributed by atoms with Crippen molar-refractivity contribution in [3.63, 3.8) is 0 Å². The van der Waals surface area contributed by atoms with Gasteiger partial charge in [-0.3, -0.25) is 9.80 Å². The average molecular weight is 342 g/mol. The summed E-state index contributed by atoms with van der Waals surface area (Å²) in [7, 11) is 2.27. The molecule has 0 bridgehead atoms. The van der Waals surface area contributed by atoms with Crippen molar-refractivity contribution in [3.8, 4) is 0 Å². The molecule has 25 heavy (non-hydrogen) atoms. The third-order valence-electron chi connectivity index (χ3n) is 6.90. The minimum absolute atomic E-state index is 0.575. The first-order valence-corrected chi connectivity index (χ1v) is 10.3. The minimum atomic E-state index is 0.575. The number of nitrogens with zero attached hydrogens (tertiary/aromatic N) is 3. The lowest BCUT2D eigenvalue weighted by Gasteiger charge is -2.42. The second-order valence-electron chi connectivity index (χ2n) is 9.06. The summed E-state index contributed by atoms with van der Waals surface area (Å²) < 4.78 is 0. The van der Waals surface area contributed by atoms with E-state index in [9.17, 15) is 0 Å². The summed E-state index contributed by atoms with van der Waals surface area (Å²) in [5.41, 5.74) is 3.45. The lowest BCUT2D eigenvalue weighted by atomic mass is 9.79. The topological polar surface area (TPSA) is 9.72 Å². The van der Waals surface area contributed by atoms with E-state index in [4.69, 9.17) is 0 Å². The van der Waals surface area contributed by atoms with Gasteiger partial charge in [0.05, 0.1) is 0 Å². The summed E-state index contributed by atoms with van der Waals surface area (Å²) in [4.78, 5) is 8.08. The molecule has 3 fully saturated rings. The molecule has 0 saturated carbocycles. The molecule has 0 amide bonds.